The monoisotopic (exact) mass is 345 g/mol. The molecule has 122 valence electrons. The zero-order valence-corrected chi connectivity index (χ0v) is 14.3. The van der Waals surface area contributed by atoms with Crippen molar-refractivity contribution in [1.29, 1.82) is 0 Å². The van der Waals surface area contributed by atoms with E-state index in [0.717, 1.165) is 42.0 Å². The Balaban J connectivity index is 0.00000121. The minimum Gasteiger partial charge on any atom is -0.352 e. The van der Waals surface area contributed by atoms with Crippen LogP contribution in [0.4, 0.5) is 0 Å². The molecule has 1 atom stereocenters. The average Bonchev–Trinajstić information content (AvgIpc) is 3.03. The molecule has 1 aliphatic heterocycles. The van der Waals surface area contributed by atoms with Gasteiger partial charge in [0.05, 0.1) is 17.4 Å². The summed E-state index contributed by atoms with van der Waals surface area (Å²) in [5.74, 6) is -0.0351. The van der Waals surface area contributed by atoms with Crippen LogP contribution in [0.3, 0.4) is 0 Å². The third-order valence-corrected chi connectivity index (χ3v) is 3.64. The normalized spacial score (nSPS) is 16.9. The second-order valence-corrected chi connectivity index (χ2v) is 5.28. The van der Waals surface area contributed by atoms with Crippen LogP contribution in [0.2, 0.25) is 0 Å². The van der Waals surface area contributed by atoms with Crippen LogP contribution < -0.4 is 10.6 Å². The fraction of sp³-hybridized carbons (Fsp3) is 0.500. The van der Waals surface area contributed by atoms with Crippen molar-refractivity contribution >= 4 is 36.4 Å². The first-order valence-corrected chi connectivity index (χ1v) is 6.97. The Bertz CT molecular complexity index is 652. The molecule has 22 heavy (non-hydrogen) atoms. The molecular formula is C14H21Cl2N5O. The topological polar surface area (TPSA) is 71.3 Å². The molecule has 0 saturated carbocycles. The van der Waals surface area contributed by atoms with Crippen molar-refractivity contribution in [3.8, 4) is 0 Å². The van der Waals surface area contributed by atoms with Crippen LogP contribution in [-0.2, 0) is 11.3 Å². The first-order chi connectivity index (χ1) is 9.65. The summed E-state index contributed by atoms with van der Waals surface area (Å²) in [5.41, 5.74) is 3.95. The van der Waals surface area contributed by atoms with Gasteiger partial charge in [-0.1, -0.05) is 0 Å². The van der Waals surface area contributed by atoms with Gasteiger partial charge in [-0.2, -0.15) is 5.10 Å². The van der Waals surface area contributed by atoms with Gasteiger partial charge in [-0.3, -0.25) is 4.79 Å². The largest absolute Gasteiger partial charge is 0.352 e. The number of carbonyl (C=O) groups excluding carboxylic acids is 1. The number of nitrogens with zero attached hydrogens (tertiary/aromatic N) is 3. The molecule has 2 aromatic rings. The van der Waals surface area contributed by atoms with Crippen molar-refractivity contribution in [3.63, 3.8) is 0 Å². The lowest BCUT2D eigenvalue weighted by atomic mass is 10.1. The number of amides is 1. The number of hydrogen-bond acceptors (Lipinski definition) is 4. The molecule has 3 heterocycles. The van der Waals surface area contributed by atoms with Gasteiger partial charge in [0.15, 0.2) is 5.65 Å². The van der Waals surface area contributed by atoms with E-state index in [1.165, 1.54) is 6.92 Å². The highest BCUT2D eigenvalue weighted by atomic mass is 35.5. The zero-order valence-electron chi connectivity index (χ0n) is 12.6. The van der Waals surface area contributed by atoms with Crippen molar-refractivity contribution < 1.29 is 4.79 Å². The van der Waals surface area contributed by atoms with Crippen molar-refractivity contribution in [2.75, 3.05) is 6.54 Å². The fourth-order valence-electron chi connectivity index (χ4n) is 2.75. The fourth-order valence-corrected chi connectivity index (χ4v) is 2.75. The maximum atomic E-state index is 11.1. The molecule has 6 nitrogen and oxygen atoms in total. The van der Waals surface area contributed by atoms with E-state index in [-0.39, 0.29) is 36.8 Å². The summed E-state index contributed by atoms with van der Waals surface area (Å²) in [7, 11) is 0. The number of carbonyl (C=O) groups is 1. The number of aryl methyl sites for hydroxylation is 1. The van der Waals surface area contributed by atoms with Gasteiger partial charge < -0.3 is 10.6 Å². The van der Waals surface area contributed by atoms with E-state index in [0.29, 0.717) is 6.54 Å². The summed E-state index contributed by atoms with van der Waals surface area (Å²) in [5, 5.41) is 10.9. The summed E-state index contributed by atoms with van der Waals surface area (Å²) in [6.45, 7) is 5.00. The highest BCUT2D eigenvalue weighted by Gasteiger charge is 2.23. The number of rotatable bonds is 3. The molecule has 0 bridgehead atoms. The summed E-state index contributed by atoms with van der Waals surface area (Å²) in [6.07, 6.45) is 4.10. The van der Waals surface area contributed by atoms with Gasteiger partial charge in [-0.15, -0.1) is 24.8 Å². The number of fused-ring (bicyclic) bond motifs is 1. The van der Waals surface area contributed by atoms with Crippen LogP contribution in [0, 0.1) is 6.92 Å². The maximum absolute atomic E-state index is 11.1. The number of nitrogens with one attached hydrogen (secondary N) is 2. The van der Waals surface area contributed by atoms with Crippen LogP contribution in [0.15, 0.2) is 12.3 Å². The standard InChI is InChI=1S/C14H19N5O.2ClH/c1-9-6-13-17-8-11(7-16-10(2)20)14(19(13)18-9)12-4-3-5-15-12;;/h6,8,12,15H,3-5,7H2,1-2H3,(H,16,20);2*1H. The van der Waals surface area contributed by atoms with E-state index < -0.39 is 0 Å². The Morgan fingerprint density at radius 2 is 2.27 bits per heavy atom. The van der Waals surface area contributed by atoms with Crippen molar-refractivity contribution in [1.82, 2.24) is 25.2 Å². The van der Waals surface area contributed by atoms with E-state index in [9.17, 15) is 4.79 Å². The molecule has 2 N–H and O–H groups in total. The second-order valence-electron chi connectivity index (χ2n) is 5.28. The molecule has 0 spiro atoms. The van der Waals surface area contributed by atoms with E-state index in [1.807, 2.05) is 23.7 Å². The lowest BCUT2D eigenvalue weighted by Gasteiger charge is -2.17. The van der Waals surface area contributed by atoms with Gasteiger partial charge in [-0.05, 0) is 26.3 Å². The van der Waals surface area contributed by atoms with Gasteiger partial charge >= 0.3 is 0 Å². The molecule has 0 radical (unpaired) electrons. The Labute approximate surface area is 141 Å². The predicted molar refractivity (Wildman–Crippen MR) is 89.7 cm³/mol. The predicted octanol–water partition coefficient (Wildman–Crippen LogP) is 1.94. The molecule has 0 aromatic carbocycles. The Kier molecular flexibility index (Phi) is 6.59. The Morgan fingerprint density at radius 1 is 1.50 bits per heavy atom. The van der Waals surface area contributed by atoms with Gasteiger partial charge in [0.25, 0.3) is 0 Å². The third-order valence-electron chi connectivity index (χ3n) is 3.64. The Morgan fingerprint density at radius 3 is 2.91 bits per heavy atom. The lowest BCUT2D eigenvalue weighted by molar-refractivity contribution is -0.119. The van der Waals surface area contributed by atoms with Crippen LogP contribution in [-0.4, -0.2) is 27.0 Å². The highest BCUT2D eigenvalue weighted by molar-refractivity contribution is 5.85. The van der Waals surface area contributed by atoms with Gasteiger partial charge in [0, 0.05) is 31.3 Å². The smallest absolute Gasteiger partial charge is 0.217 e. The van der Waals surface area contributed by atoms with Crippen molar-refractivity contribution in [2.24, 2.45) is 0 Å². The minimum absolute atomic E-state index is 0. The second kappa shape index (κ2) is 7.76. The van der Waals surface area contributed by atoms with Crippen LogP contribution in [0.1, 0.15) is 42.8 Å². The van der Waals surface area contributed by atoms with Crippen LogP contribution in [0.5, 0.6) is 0 Å². The van der Waals surface area contributed by atoms with Gasteiger partial charge in [0.1, 0.15) is 0 Å². The van der Waals surface area contributed by atoms with Crippen LogP contribution in [0.25, 0.3) is 5.65 Å². The molecule has 1 amide bonds. The summed E-state index contributed by atoms with van der Waals surface area (Å²) >= 11 is 0. The maximum Gasteiger partial charge on any atom is 0.217 e. The van der Waals surface area contributed by atoms with Crippen LogP contribution >= 0.6 is 24.8 Å². The summed E-state index contributed by atoms with van der Waals surface area (Å²) < 4.78 is 1.91. The molecule has 1 saturated heterocycles. The first kappa shape index (κ1) is 18.7. The molecule has 1 unspecified atom stereocenters. The minimum atomic E-state index is -0.0351. The third kappa shape index (κ3) is 3.69. The average molecular weight is 346 g/mol. The molecule has 1 aliphatic rings. The molecule has 8 heteroatoms. The van der Waals surface area contributed by atoms with E-state index >= 15 is 0 Å². The number of hydrogen-bond donors (Lipinski definition) is 2. The molecule has 1 fully saturated rings. The molecule has 0 aliphatic carbocycles. The van der Waals surface area contributed by atoms with Gasteiger partial charge in [-0.25, -0.2) is 9.50 Å². The zero-order chi connectivity index (χ0) is 14.1. The number of halogens is 2. The lowest BCUT2D eigenvalue weighted by Crippen LogP contribution is -2.24. The summed E-state index contributed by atoms with van der Waals surface area (Å²) in [4.78, 5) is 15.6. The highest BCUT2D eigenvalue weighted by Crippen LogP contribution is 2.26. The van der Waals surface area contributed by atoms with Crippen molar-refractivity contribution in [3.05, 3.63) is 29.2 Å². The first-order valence-electron chi connectivity index (χ1n) is 6.97. The molecule has 3 rings (SSSR count). The quantitative estimate of drug-likeness (QED) is 0.891. The molecular weight excluding hydrogens is 325 g/mol. The van der Waals surface area contributed by atoms with Gasteiger partial charge in [0.2, 0.25) is 5.91 Å². The molecule has 2 aromatic heterocycles. The van der Waals surface area contributed by atoms with E-state index in [2.05, 4.69) is 20.7 Å². The SMILES string of the molecule is CC(=O)NCc1cnc2cc(C)nn2c1C1CCCN1.Cl.Cl. The summed E-state index contributed by atoms with van der Waals surface area (Å²) in [6, 6.07) is 2.25. The van der Waals surface area contributed by atoms with E-state index in [1.54, 1.807) is 0 Å². The van der Waals surface area contributed by atoms with E-state index in [4.69, 9.17) is 0 Å². The Hall–Kier alpha value is -1.37. The number of aromatic nitrogens is 3. The van der Waals surface area contributed by atoms with Crippen molar-refractivity contribution in [2.45, 2.75) is 39.3 Å².